The zero-order chi connectivity index (χ0) is 13.0. The minimum Gasteiger partial charge on any atom is -0.392 e. The molecule has 0 saturated carbocycles. The Morgan fingerprint density at radius 3 is 2.89 bits per heavy atom. The Morgan fingerprint density at radius 2 is 2.28 bits per heavy atom. The predicted molar refractivity (Wildman–Crippen MR) is 67.3 cm³/mol. The summed E-state index contributed by atoms with van der Waals surface area (Å²) in [5.41, 5.74) is 0. The molecule has 2 aliphatic rings. The molecule has 2 rings (SSSR count). The number of amides is 1. The van der Waals surface area contributed by atoms with Crippen LogP contribution in [0, 0.1) is 0 Å². The van der Waals surface area contributed by atoms with Crippen molar-refractivity contribution >= 4 is 5.91 Å². The highest BCUT2D eigenvalue weighted by Crippen LogP contribution is 2.06. The van der Waals surface area contributed by atoms with Gasteiger partial charge in [-0.15, -0.1) is 0 Å². The van der Waals surface area contributed by atoms with Gasteiger partial charge in [-0.2, -0.15) is 0 Å². The van der Waals surface area contributed by atoms with E-state index in [1.54, 1.807) is 0 Å². The van der Waals surface area contributed by atoms with E-state index in [9.17, 15) is 9.90 Å². The Kier molecular flexibility index (Phi) is 4.94. The zero-order valence-corrected chi connectivity index (χ0v) is 10.9. The largest absolute Gasteiger partial charge is 0.392 e. The number of carbonyl (C=O) groups is 1. The Bertz CT molecular complexity index is 282. The van der Waals surface area contributed by atoms with Crippen LogP contribution in [0.3, 0.4) is 0 Å². The molecule has 3 atom stereocenters. The molecule has 0 aliphatic carbocycles. The van der Waals surface area contributed by atoms with E-state index >= 15 is 0 Å². The molecular formula is C12H23N3O3. The molecule has 0 aromatic carbocycles. The maximum absolute atomic E-state index is 11.9. The fraction of sp³-hybridized carbons (Fsp3) is 0.917. The van der Waals surface area contributed by atoms with Crippen LogP contribution in [0.25, 0.3) is 0 Å². The van der Waals surface area contributed by atoms with Crippen molar-refractivity contribution in [3.8, 4) is 0 Å². The Balaban J connectivity index is 1.69. The molecule has 0 bridgehead atoms. The summed E-state index contributed by atoms with van der Waals surface area (Å²) in [5, 5.41) is 15.4. The Labute approximate surface area is 108 Å². The number of morpholine rings is 1. The van der Waals surface area contributed by atoms with Gasteiger partial charge in [-0.3, -0.25) is 9.69 Å². The quantitative estimate of drug-likeness (QED) is 0.574. The normalized spacial score (nSPS) is 31.2. The molecule has 2 heterocycles. The van der Waals surface area contributed by atoms with E-state index < -0.39 is 6.10 Å². The Morgan fingerprint density at radius 1 is 1.56 bits per heavy atom. The predicted octanol–water partition coefficient (Wildman–Crippen LogP) is -1.45. The van der Waals surface area contributed by atoms with Crippen LogP contribution in [0.5, 0.6) is 0 Å². The van der Waals surface area contributed by atoms with Gasteiger partial charge in [-0.1, -0.05) is 0 Å². The van der Waals surface area contributed by atoms with Gasteiger partial charge >= 0.3 is 0 Å². The highest BCUT2D eigenvalue weighted by Gasteiger charge is 2.28. The average Bonchev–Trinajstić information content (AvgIpc) is 2.77. The van der Waals surface area contributed by atoms with Crippen LogP contribution in [0.15, 0.2) is 0 Å². The van der Waals surface area contributed by atoms with Crippen molar-refractivity contribution in [1.82, 2.24) is 15.5 Å². The maximum Gasteiger partial charge on any atom is 0.237 e. The lowest BCUT2D eigenvalue weighted by molar-refractivity contribution is -0.123. The van der Waals surface area contributed by atoms with Gasteiger partial charge in [0, 0.05) is 32.2 Å². The van der Waals surface area contributed by atoms with Crippen molar-refractivity contribution < 1.29 is 14.6 Å². The standard InChI is InChI=1S/C12H23N3O3/c1-9(8-15-2-4-18-5-3-15)14-12(17)11-6-10(16)7-13-11/h9-11,13,16H,2-8H2,1H3,(H,14,17). The number of rotatable bonds is 4. The molecule has 3 N–H and O–H groups in total. The third-order valence-electron chi connectivity index (χ3n) is 3.45. The summed E-state index contributed by atoms with van der Waals surface area (Å²) in [6.07, 6.45) is 0.117. The number of β-amino-alcohol motifs (C(OH)–C–C–N with tert-alkyl or cyclic N) is 1. The van der Waals surface area contributed by atoms with Crippen LogP contribution < -0.4 is 10.6 Å². The van der Waals surface area contributed by atoms with Gasteiger partial charge in [-0.05, 0) is 13.3 Å². The van der Waals surface area contributed by atoms with Gasteiger partial charge < -0.3 is 20.5 Å². The molecular weight excluding hydrogens is 234 g/mol. The minimum atomic E-state index is -0.393. The van der Waals surface area contributed by atoms with E-state index in [0.29, 0.717) is 13.0 Å². The third-order valence-corrected chi connectivity index (χ3v) is 3.45. The van der Waals surface area contributed by atoms with Gasteiger partial charge in [-0.25, -0.2) is 0 Å². The molecule has 1 amide bonds. The maximum atomic E-state index is 11.9. The molecule has 2 aliphatic heterocycles. The van der Waals surface area contributed by atoms with Crippen molar-refractivity contribution in [3.05, 3.63) is 0 Å². The molecule has 0 aromatic heterocycles. The number of nitrogens with zero attached hydrogens (tertiary/aromatic N) is 1. The van der Waals surface area contributed by atoms with Crippen molar-refractivity contribution in [2.75, 3.05) is 39.4 Å². The molecule has 0 radical (unpaired) electrons. The first-order valence-corrected chi connectivity index (χ1v) is 6.67. The topological polar surface area (TPSA) is 73.8 Å². The van der Waals surface area contributed by atoms with E-state index in [4.69, 9.17) is 4.74 Å². The van der Waals surface area contributed by atoms with E-state index in [0.717, 1.165) is 32.8 Å². The lowest BCUT2D eigenvalue weighted by Gasteiger charge is -2.29. The summed E-state index contributed by atoms with van der Waals surface area (Å²) in [7, 11) is 0. The fourth-order valence-corrected chi connectivity index (χ4v) is 2.48. The molecule has 6 heteroatoms. The summed E-state index contributed by atoms with van der Waals surface area (Å²) >= 11 is 0. The second kappa shape index (κ2) is 6.47. The number of ether oxygens (including phenoxy) is 1. The molecule has 0 spiro atoms. The molecule has 3 unspecified atom stereocenters. The van der Waals surface area contributed by atoms with Crippen LogP contribution in [-0.4, -0.2) is 73.5 Å². The second-order valence-corrected chi connectivity index (χ2v) is 5.17. The number of hydrogen-bond acceptors (Lipinski definition) is 5. The molecule has 2 saturated heterocycles. The summed E-state index contributed by atoms with van der Waals surface area (Å²) in [4.78, 5) is 14.2. The molecule has 6 nitrogen and oxygen atoms in total. The highest BCUT2D eigenvalue weighted by atomic mass is 16.5. The monoisotopic (exact) mass is 257 g/mol. The Hall–Kier alpha value is -0.690. The average molecular weight is 257 g/mol. The first-order chi connectivity index (χ1) is 8.65. The fourth-order valence-electron chi connectivity index (χ4n) is 2.48. The smallest absolute Gasteiger partial charge is 0.237 e. The third kappa shape index (κ3) is 3.91. The second-order valence-electron chi connectivity index (χ2n) is 5.17. The van der Waals surface area contributed by atoms with Gasteiger partial charge in [0.25, 0.3) is 0 Å². The molecule has 2 fully saturated rings. The lowest BCUT2D eigenvalue weighted by atomic mass is 10.2. The van der Waals surface area contributed by atoms with Crippen molar-refractivity contribution in [1.29, 1.82) is 0 Å². The molecule has 18 heavy (non-hydrogen) atoms. The number of aliphatic hydroxyl groups is 1. The van der Waals surface area contributed by atoms with E-state index in [1.165, 1.54) is 0 Å². The van der Waals surface area contributed by atoms with E-state index in [1.807, 2.05) is 6.92 Å². The number of aliphatic hydroxyl groups excluding tert-OH is 1. The highest BCUT2D eigenvalue weighted by molar-refractivity contribution is 5.82. The molecule has 104 valence electrons. The number of nitrogens with one attached hydrogen (secondary N) is 2. The van der Waals surface area contributed by atoms with Gasteiger partial charge in [0.1, 0.15) is 0 Å². The SMILES string of the molecule is CC(CN1CCOCC1)NC(=O)C1CC(O)CN1. The van der Waals surface area contributed by atoms with Crippen LogP contribution in [-0.2, 0) is 9.53 Å². The van der Waals surface area contributed by atoms with Gasteiger partial charge in [0.05, 0.1) is 25.4 Å². The van der Waals surface area contributed by atoms with E-state index in [-0.39, 0.29) is 18.0 Å². The summed E-state index contributed by atoms with van der Waals surface area (Å²) < 4.78 is 5.29. The van der Waals surface area contributed by atoms with E-state index in [2.05, 4.69) is 15.5 Å². The van der Waals surface area contributed by atoms with Crippen LogP contribution >= 0.6 is 0 Å². The minimum absolute atomic E-state index is 0.00712. The van der Waals surface area contributed by atoms with Crippen LogP contribution in [0.1, 0.15) is 13.3 Å². The summed E-state index contributed by atoms with van der Waals surface area (Å²) in [6, 6.07) is -0.123. The van der Waals surface area contributed by atoms with Gasteiger partial charge in [0.15, 0.2) is 0 Å². The first-order valence-electron chi connectivity index (χ1n) is 6.67. The molecule has 0 aromatic rings. The van der Waals surface area contributed by atoms with Crippen molar-refractivity contribution in [2.24, 2.45) is 0 Å². The van der Waals surface area contributed by atoms with Gasteiger partial charge in [0.2, 0.25) is 5.91 Å². The van der Waals surface area contributed by atoms with Crippen LogP contribution in [0.4, 0.5) is 0 Å². The summed E-state index contributed by atoms with van der Waals surface area (Å²) in [5.74, 6) is -0.00712. The van der Waals surface area contributed by atoms with Crippen LogP contribution in [0.2, 0.25) is 0 Å². The van der Waals surface area contributed by atoms with Crippen molar-refractivity contribution in [3.63, 3.8) is 0 Å². The first kappa shape index (κ1) is 13.7. The zero-order valence-electron chi connectivity index (χ0n) is 10.9. The number of hydrogen-bond donors (Lipinski definition) is 3. The summed E-state index contributed by atoms with van der Waals surface area (Å²) in [6.45, 7) is 6.79. The van der Waals surface area contributed by atoms with Crippen molar-refractivity contribution in [2.45, 2.75) is 31.5 Å². The number of carbonyl (C=O) groups excluding carboxylic acids is 1. The lowest BCUT2D eigenvalue weighted by Crippen LogP contribution is -2.49.